The van der Waals surface area contributed by atoms with Crippen LogP contribution in [0.2, 0.25) is 0 Å². The number of hydrogen-bond acceptors (Lipinski definition) is 3. The maximum absolute atomic E-state index is 12.8. The van der Waals surface area contributed by atoms with Gasteiger partial charge in [-0.15, -0.1) is 0 Å². The van der Waals surface area contributed by atoms with Gasteiger partial charge in [0, 0.05) is 42.9 Å². The van der Waals surface area contributed by atoms with Crippen molar-refractivity contribution < 1.29 is 4.79 Å². The van der Waals surface area contributed by atoms with Gasteiger partial charge in [0.15, 0.2) is 0 Å². The van der Waals surface area contributed by atoms with Crippen molar-refractivity contribution >= 4 is 17.7 Å². The Morgan fingerprint density at radius 2 is 2.13 bits per heavy atom. The van der Waals surface area contributed by atoms with E-state index in [0.29, 0.717) is 11.7 Å². The molecule has 1 aromatic carbocycles. The highest BCUT2D eigenvalue weighted by molar-refractivity contribution is 8.00. The van der Waals surface area contributed by atoms with Crippen molar-refractivity contribution in [1.82, 2.24) is 14.5 Å². The van der Waals surface area contributed by atoms with Gasteiger partial charge in [-0.2, -0.15) is 11.8 Å². The van der Waals surface area contributed by atoms with Gasteiger partial charge in [0.25, 0.3) is 0 Å². The lowest BCUT2D eigenvalue weighted by Gasteiger charge is -2.40. The van der Waals surface area contributed by atoms with Crippen molar-refractivity contribution in [1.29, 1.82) is 0 Å². The van der Waals surface area contributed by atoms with E-state index in [4.69, 9.17) is 0 Å². The van der Waals surface area contributed by atoms with Gasteiger partial charge in [0.05, 0.1) is 12.4 Å². The third-order valence-electron chi connectivity index (χ3n) is 4.47. The van der Waals surface area contributed by atoms with Gasteiger partial charge in [0.2, 0.25) is 5.91 Å². The minimum absolute atomic E-state index is 0.175. The molecule has 0 unspecified atom stereocenters. The highest BCUT2D eigenvalue weighted by Gasteiger charge is 2.33. The largest absolute Gasteiger partial charge is 0.338 e. The molecule has 3 rings (SSSR count). The SMILES string of the molecule is C[C@@H]1SCCN(C(=O)CCc2cncn2C)[C@H]1c1ccccc1. The number of benzene rings is 1. The number of imidazole rings is 1. The van der Waals surface area contributed by atoms with Gasteiger partial charge in [-0.25, -0.2) is 4.98 Å². The second kappa shape index (κ2) is 7.21. The number of carbonyl (C=O) groups is 1. The van der Waals surface area contributed by atoms with E-state index < -0.39 is 0 Å². The second-order valence-electron chi connectivity index (χ2n) is 6.01. The number of amides is 1. The Morgan fingerprint density at radius 3 is 2.83 bits per heavy atom. The molecule has 0 aliphatic carbocycles. The molecule has 1 amide bonds. The van der Waals surface area contributed by atoms with Crippen LogP contribution in [-0.4, -0.2) is 37.9 Å². The zero-order chi connectivity index (χ0) is 16.2. The van der Waals surface area contributed by atoms with E-state index >= 15 is 0 Å². The maximum Gasteiger partial charge on any atom is 0.223 e. The fourth-order valence-corrected chi connectivity index (χ4v) is 4.37. The minimum atomic E-state index is 0.175. The first-order chi connectivity index (χ1) is 11.2. The summed E-state index contributed by atoms with van der Waals surface area (Å²) in [6, 6.07) is 10.6. The van der Waals surface area contributed by atoms with Crippen molar-refractivity contribution in [2.24, 2.45) is 7.05 Å². The van der Waals surface area contributed by atoms with E-state index in [-0.39, 0.29) is 11.9 Å². The lowest BCUT2D eigenvalue weighted by molar-refractivity contribution is -0.133. The Hall–Kier alpha value is -1.75. The highest BCUT2D eigenvalue weighted by Crippen LogP contribution is 2.36. The molecule has 5 heteroatoms. The number of rotatable bonds is 4. The lowest BCUT2D eigenvalue weighted by atomic mass is 10.0. The number of hydrogen-bond donors (Lipinski definition) is 0. The molecule has 2 heterocycles. The summed E-state index contributed by atoms with van der Waals surface area (Å²) in [5, 5.41) is 0.423. The average Bonchev–Trinajstić information content (AvgIpc) is 2.98. The van der Waals surface area contributed by atoms with Gasteiger partial charge < -0.3 is 9.47 Å². The molecule has 2 atom stereocenters. The van der Waals surface area contributed by atoms with Crippen molar-refractivity contribution in [2.45, 2.75) is 31.1 Å². The van der Waals surface area contributed by atoms with Crippen LogP contribution in [0, 0.1) is 0 Å². The third-order valence-corrected chi connectivity index (χ3v) is 5.67. The maximum atomic E-state index is 12.8. The first-order valence-corrected chi connectivity index (χ1v) is 9.13. The van der Waals surface area contributed by atoms with E-state index in [2.05, 4.69) is 41.1 Å². The molecule has 0 radical (unpaired) electrons. The van der Waals surface area contributed by atoms with Crippen molar-refractivity contribution in [3.05, 3.63) is 54.1 Å². The Balaban J connectivity index is 1.73. The normalized spacial score (nSPS) is 21.4. The van der Waals surface area contributed by atoms with Gasteiger partial charge in [-0.05, 0) is 12.0 Å². The monoisotopic (exact) mass is 329 g/mol. The summed E-state index contributed by atoms with van der Waals surface area (Å²) < 4.78 is 1.98. The Morgan fingerprint density at radius 1 is 1.35 bits per heavy atom. The molecule has 23 heavy (non-hydrogen) atoms. The smallest absolute Gasteiger partial charge is 0.223 e. The number of aryl methyl sites for hydroxylation is 2. The molecule has 0 bridgehead atoms. The number of nitrogens with zero attached hydrogens (tertiary/aromatic N) is 3. The first-order valence-electron chi connectivity index (χ1n) is 8.08. The van der Waals surface area contributed by atoms with Crippen LogP contribution in [0.4, 0.5) is 0 Å². The van der Waals surface area contributed by atoms with Gasteiger partial charge in [-0.3, -0.25) is 4.79 Å². The predicted octanol–water partition coefficient (Wildman–Crippen LogP) is 3.06. The summed E-state index contributed by atoms with van der Waals surface area (Å²) >= 11 is 1.95. The topological polar surface area (TPSA) is 38.1 Å². The summed E-state index contributed by atoms with van der Waals surface area (Å²) in [6.45, 7) is 3.06. The molecule has 1 aromatic heterocycles. The molecule has 1 saturated heterocycles. The Bertz CT molecular complexity index is 655. The lowest BCUT2D eigenvalue weighted by Crippen LogP contribution is -2.44. The summed E-state index contributed by atoms with van der Waals surface area (Å²) in [7, 11) is 1.97. The molecule has 4 nitrogen and oxygen atoms in total. The van der Waals surface area contributed by atoms with E-state index in [1.54, 1.807) is 6.33 Å². The predicted molar refractivity (Wildman–Crippen MR) is 94.3 cm³/mol. The zero-order valence-electron chi connectivity index (χ0n) is 13.7. The number of aromatic nitrogens is 2. The fraction of sp³-hybridized carbons (Fsp3) is 0.444. The van der Waals surface area contributed by atoms with Crippen LogP contribution in [-0.2, 0) is 18.3 Å². The van der Waals surface area contributed by atoms with Crippen molar-refractivity contribution in [2.75, 3.05) is 12.3 Å². The molecule has 0 spiro atoms. The van der Waals surface area contributed by atoms with E-state index in [0.717, 1.165) is 24.4 Å². The molecular weight excluding hydrogens is 306 g/mol. The first kappa shape index (κ1) is 16.1. The summed E-state index contributed by atoms with van der Waals surface area (Å²) in [5.74, 6) is 1.26. The molecule has 0 saturated carbocycles. The number of carbonyl (C=O) groups excluding carboxylic acids is 1. The average molecular weight is 329 g/mol. The van der Waals surface area contributed by atoms with Crippen LogP contribution in [0.15, 0.2) is 42.9 Å². The fourth-order valence-electron chi connectivity index (χ4n) is 3.21. The third kappa shape index (κ3) is 3.61. The molecule has 1 aliphatic rings. The Labute approximate surface area is 141 Å². The Kier molecular flexibility index (Phi) is 5.06. The van der Waals surface area contributed by atoms with Crippen LogP contribution in [0.25, 0.3) is 0 Å². The van der Waals surface area contributed by atoms with Gasteiger partial charge >= 0.3 is 0 Å². The summed E-state index contributed by atoms with van der Waals surface area (Å²) in [4.78, 5) is 19.0. The highest BCUT2D eigenvalue weighted by atomic mass is 32.2. The summed E-state index contributed by atoms with van der Waals surface area (Å²) in [5.41, 5.74) is 2.34. The van der Waals surface area contributed by atoms with Crippen LogP contribution in [0.1, 0.15) is 30.6 Å². The van der Waals surface area contributed by atoms with Crippen molar-refractivity contribution in [3.63, 3.8) is 0 Å². The van der Waals surface area contributed by atoms with Gasteiger partial charge in [0.1, 0.15) is 0 Å². The zero-order valence-corrected chi connectivity index (χ0v) is 14.5. The second-order valence-corrected chi connectivity index (χ2v) is 7.50. The van der Waals surface area contributed by atoms with E-state index in [1.165, 1.54) is 5.56 Å². The molecule has 2 aromatic rings. The number of thioether (sulfide) groups is 1. The van der Waals surface area contributed by atoms with E-state index in [9.17, 15) is 4.79 Å². The van der Waals surface area contributed by atoms with Crippen molar-refractivity contribution in [3.8, 4) is 0 Å². The molecular formula is C18H23N3OS. The molecule has 0 N–H and O–H groups in total. The molecule has 122 valence electrons. The van der Waals surface area contributed by atoms with Crippen LogP contribution < -0.4 is 0 Å². The quantitative estimate of drug-likeness (QED) is 0.865. The molecule has 1 fully saturated rings. The van der Waals surface area contributed by atoms with Crippen LogP contribution in [0.5, 0.6) is 0 Å². The summed E-state index contributed by atoms with van der Waals surface area (Å²) in [6.07, 6.45) is 4.91. The standard InChI is InChI=1S/C18H23N3OS/c1-14-18(15-6-4-3-5-7-15)21(10-11-23-14)17(22)9-8-16-12-19-13-20(16)2/h3-7,12-14,18H,8-11H2,1-2H3/t14-,18+/m0/s1. The molecule has 1 aliphatic heterocycles. The van der Waals surface area contributed by atoms with Crippen LogP contribution >= 0.6 is 11.8 Å². The van der Waals surface area contributed by atoms with E-state index in [1.807, 2.05) is 35.6 Å². The minimum Gasteiger partial charge on any atom is -0.338 e. The van der Waals surface area contributed by atoms with Gasteiger partial charge in [-0.1, -0.05) is 37.3 Å². The van der Waals surface area contributed by atoms with Crippen LogP contribution in [0.3, 0.4) is 0 Å².